The molecule has 0 aromatic carbocycles. The Morgan fingerprint density at radius 3 is 2.18 bits per heavy atom. The van der Waals surface area contributed by atoms with Gasteiger partial charge in [0.05, 0.1) is 25.4 Å². The summed E-state index contributed by atoms with van der Waals surface area (Å²) in [5.41, 5.74) is 0. The molecule has 4 atom stereocenters. The van der Waals surface area contributed by atoms with Crippen LogP contribution in [0.1, 0.15) is 6.92 Å². The van der Waals surface area contributed by atoms with Gasteiger partial charge in [-0.2, -0.15) is 0 Å². The SMILES string of the molecule is C[C@@H]1O[C@H](CO)[C@H](O)C1CO. The molecule has 1 fully saturated rings. The molecule has 0 saturated carbocycles. The lowest BCUT2D eigenvalue weighted by Gasteiger charge is -2.13. The Labute approximate surface area is 65.4 Å². The van der Waals surface area contributed by atoms with Gasteiger partial charge in [0.1, 0.15) is 6.10 Å². The molecule has 66 valence electrons. The number of ether oxygens (including phenoxy) is 1. The molecular weight excluding hydrogens is 148 g/mol. The molecule has 0 radical (unpaired) electrons. The van der Waals surface area contributed by atoms with Crippen LogP contribution in [0.4, 0.5) is 0 Å². The predicted molar refractivity (Wildman–Crippen MR) is 38.0 cm³/mol. The molecule has 0 aromatic heterocycles. The molecule has 1 rings (SSSR count). The van der Waals surface area contributed by atoms with Gasteiger partial charge in [-0.15, -0.1) is 0 Å². The summed E-state index contributed by atoms with van der Waals surface area (Å²) in [7, 11) is 0. The van der Waals surface area contributed by atoms with E-state index < -0.39 is 12.2 Å². The maximum absolute atomic E-state index is 9.37. The van der Waals surface area contributed by atoms with Crippen LogP contribution in [0.2, 0.25) is 0 Å². The third-order valence-electron chi connectivity index (χ3n) is 2.20. The second-order valence-electron chi connectivity index (χ2n) is 2.90. The quantitative estimate of drug-likeness (QED) is 0.474. The fourth-order valence-electron chi connectivity index (χ4n) is 1.42. The number of aliphatic hydroxyl groups is 3. The van der Waals surface area contributed by atoms with Crippen LogP contribution in [-0.2, 0) is 4.74 Å². The minimum atomic E-state index is -0.736. The van der Waals surface area contributed by atoms with Crippen molar-refractivity contribution >= 4 is 0 Å². The van der Waals surface area contributed by atoms with Crippen LogP contribution in [0.15, 0.2) is 0 Å². The normalized spacial score (nSPS) is 44.7. The fraction of sp³-hybridized carbons (Fsp3) is 1.00. The Kier molecular flexibility index (Phi) is 2.84. The first-order chi connectivity index (χ1) is 5.20. The van der Waals surface area contributed by atoms with Crippen LogP contribution in [0.5, 0.6) is 0 Å². The van der Waals surface area contributed by atoms with E-state index >= 15 is 0 Å². The van der Waals surface area contributed by atoms with E-state index in [4.69, 9.17) is 14.9 Å². The lowest BCUT2D eigenvalue weighted by molar-refractivity contribution is -0.0171. The van der Waals surface area contributed by atoms with E-state index in [-0.39, 0.29) is 25.2 Å². The molecule has 0 aliphatic carbocycles. The highest BCUT2D eigenvalue weighted by Crippen LogP contribution is 2.25. The third kappa shape index (κ3) is 1.54. The van der Waals surface area contributed by atoms with Crippen molar-refractivity contribution in [1.29, 1.82) is 0 Å². The number of aliphatic hydroxyl groups excluding tert-OH is 3. The summed E-state index contributed by atoms with van der Waals surface area (Å²) in [6.45, 7) is 1.49. The molecule has 1 heterocycles. The average Bonchev–Trinajstić information content (AvgIpc) is 2.26. The molecular formula is C7H14O4. The van der Waals surface area contributed by atoms with Crippen molar-refractivity contribution in [2.45, 2.75) is 25.2 Å². The molecule has 0 bridgehead atoms. The summed E-state index contributed by atoms with van der Waals surface area (Å²) >= 11 is 0. The molecule has 0 aromatic rings. The van der Waals surface area contributed by atoms with E-state index in [1.807, 2.05) is 0 Å². The maximum Gasteiger partial charge on any atom is 0.107 e. The van der Waals surface area contributed by atoms with E-state index in [2.05, 4.69) is 0 Å². The first kappa shape index (κ1) is 8.93. The summed E-state index contributed by atoms with van der Waals surface area (Å²) in [6, 6.07) is 0. The van der Waals surface area contributed by atoms with Gasteiger partial charge in [0.2, 0.25) is 0 Å². The fourth-order valence-corrected chi connectivity index (χ4v) is 1.42. The van der Waals surface area contributed by atoms with E-state index in [1.165, 1.54) is 0 Å². The van der Waals surface area contributed by atoms with Gasteiger partial charge in [0.15, 0.2) is 0 Å². The summed E-state index contributed by atoms with van der Waals surface area (Å²) in [5, 5.41) is 26.9. The zero-order valence-electron chi connectivity index (χ0n) is 6.47. The zero-order valence-corrected chi connectivity index (χ0v) is 6.47. The molecule has 1 aliphatic rings. The summed E-state index contributed by atoms with van der Waals surface area (Å²) in [5.74, 6) is -0.257. The largest absolute Gasteiger partial charge is 0.396 e. The van der Waals surface area contributed by atoms with E-state index in [9.17, 15) is 5.11 Å². The van der Waals surface area contributed by atoms with Crippen LogP contribution in [0, 0.1) is 5.92 Å². The zero-order chi connectivity index (χ0) is 8.43. The molecule has 3 N–H and O–H groups in total. The van der Waals surface area contributed by atoms with Crippen LogP contribution < -0.4 is 0 Å². The Bertz CT molecular complexity index is 128. The molecule has 0 spiro atoms. The van der Waals surface area contributed by atoms with Gasteiger partial charge in [-0.05, 0) is 6.92 Å². The number of rotatable bonds is 2. The second-order valence-corrected chi connectivity index (χ2v) is 2.90. The topological polar surface area (TPSA) is 69.9 Å². The Morgan fingerprint density at radius 2 is 1.91 bits per heavy atom. The van der Waals surface area contributed by atoms with Crippen molar-refractivity contribution in [1.82, 2.24) is 0 Å². The smallest absolute Gasteiger partial charge is 0.107 e. The van der Waals surface area contributed by atoms with Crippen molar-refractivity contribution in [2.75, 3.05) is 13.2 Å². The maximum atomic E-state index is 9.37. The van der Waals surface area contributed by atoms with Crippen molar-refractivity contribution in [2.24, 2.45) is 5.92 Å². The lowest BCUT2D eigenvalue weighted by Crippen LogP contribution is -2.31. The van der Waals surface area contributed by atoms with Crippen LogP contribution >= 0.6 is 0 Å². The molecule has 0 amide bonds. The van der Waals surface area contributed by atoms with E-state index in [0.717, 1.165) is 0 Å². The highest BCUT2D eigenvalue weighted by atomic mass is 16.5. The highest BCUT2D eigenvalue weighted by Gasteiger charge is 2.40. The number of hydrogen-bond acceptors (Lipinski definition) is 4. The van der Waals surface area contributed by atoms with Gasteiger partial charge in [-0.3, -0.25) is 0 Å². The second kappa shape index (κ2) is 3.49. The highest BCUT2D eigenvalue weighted by molar-refractivity contribution is 4.87. The lowest BCUT2D eigenvalue weighted by atomic mass is 9.98. The predicted octanol–water partition coefficient (Wildman–Crippen LogP) is -1.26. The molecule has 4 heteroatoms. The summed E-state index contributed by atoms with van der Waals surface area (Å²) in [6.07, 6.45) is -1.44. The monoisotopic (exact) mass is 162 g/mol. The summed E-state index contributed by atoms with van der Waals surface area (Å²) < 4.78 is 5.17. The first-order valence-electron chi connectivity index (χ1n) is 3.76. The average molecular weight is 162 g/mol. The van der Waals surface area contributed by atoms with Crippen molar-refractivity contribution in [3.63, 3.8) is 0 Å². The van der Waals surface area contributed by atoms with Crippen LogP contribution in [0.25, 0.3) is 0 Å². The molecule has 1 unspecified atom stereocenters. The van der Waals surface area contributed by atoms with Gasteiger partial charge < -0.3 is 20.1 Å². The molecule has 1 saturated heterocycles. The minimum absolute atomic E-state index is 0.0984. The first-order valence-corrected chi connectivity index (χ1v) is 3.76. The van der Waals surface area contributed by atoms with Crippen LogP contribution in [-0.4, -0.2) is 46.8 Å². The molecule has 1 aliphatic heterocycles. The van der Waals surface area contributed by atoms with Gasteiger partial charge in [-0.25, -0.2) is 0 Å². The van der Waals surface area contributed by atoms with Gasteiger partial charge in [0.25, 0.3) is 0 Å². The molecule has 11 heavy (non-hydrogen) atoms. The Hall–Kier alpha value is -0.160. The minimum Gasteiger partial charge on any atom is -0.396 e. The Morgan fingerprint density at radius 1 is 1.27 bits per heavy atom. The van der Waals surface area contributed by atoms with Crippen molar-refractivity contribution in [3.8, 4) is 0 Å². The van der Waals surface area contributed by atoms with E-state index in [1.54, 1.807) is 6.92 Å². The standard InChI is InChI=1S/C7H14O4/c1-4-5(2-8)7(10)6(3-9)11-4/h4-10H,2-3H2,1H3/t4-,5?,6+,7+/m0/s1. The summed E-state index contributed by atoms with van der Waals surface area (Å²) in [4.78, 5) is 0. The Balaban J connectivity index is 2.55. The third-order valence-corrected chi connectivity index (χ3v) is 2.20. The van der Waals surface area contributed by atoms with Crippen molar-refractivity contribution < 1.29 is 20.1 Å². The molecule has 4 nitrogen and oxygen atoms in total. The van der Waals surface area contributed by atoms with Gasteiger partial charge >= 0.3 is 0 Å². The van der Waals surface area contributed by atoms with Crippen molar-refractivity contribution in [3.05, 3.63) is 0 Å². The van der Waals surface area contributed by atoms with Gasteiger partial charge in [-0.1, -0.05) is 0 Å². The van der Waals surface area contributed by atoms with Crippen LogP contribution in [0.3, 0.4) is 0 Å². The number of hydrogen-bond donors (Lipinski definition) is 3. The van der Waals surface area contributed by atoms with Gasteiger partial charge in [0, 0.05) is 5.92 Å². The van der Waals surface area contributed by atoms with E-state index in [0.29, 0.717) is 0 Å².